The Kier molecular flexibility index (Phi) is 3.18. The van der Waals surface area contributed by atoms with Gasteiger partial charge in [0.25, 0.3) is 0 Å². The topological polar surface area (TPSA) is 0 Å². The summed E-state index contributed by atoms with van der Waals surface area (Å²) in [6.45, 7) is 2.29. The van der Waals surface area contributed by atoms with E-state index in [9.17, 15) is 0 Å². The highest BCUT2D eigenvalue weighted by Gasteiger charge is 2.39. The average Bonchev–Trinajstić information content (AvgIpc) is 2.89. The zero-order valence-electron chi connectivity index (χ0n) is 8.63. The molecular weight excluding hydrogens is 212 g/mol. The van der Waals surface area contributed by atoms with Crippen LogP contribution in [0, 0.1) is 5.41 Å². The monoisotopic (exact) mass is 228 g/mol. The highest BCUT2D eigenvalue weighted by atomic mass is 35.5. The first kappa shape index (κ1) is 10.5. The second-order valence-electron chi connectivity index (χ2n) is 4.30. The first-order valence-electron chi connectivity index (χ1n) is 5.46. The molecule has 1 heterocycles. The van der Waals surface area contributed by atoms with Crippen molar-refractivity contribution in [2.24, 2.45) is 5.41 Å². The first-order chi connectivity index (χ1) is 6.78. The zero-order valence-corrected chi connectivity index (χ0v) is 10.2. The minimum Gasteiger partial charge on any atom is -0.147 e. The summed E-state index contributed by atoms with van der Waals surface area (Å²) < 4.78 is 0. The second kappa shape index (κ2) is 4.24. The van der Waals surface area contributed by atoms with Crippen LogP contribution >= 0.6 is 22.9 Å². The van der Waals surface area contributed by atoms with Gasteiger partial charge in [0.2, 0.25) is 0 Å². The van der Waals surface area contributed by atoms with Crippen molar-refractivity contribution in [3.63, 3.8) is 0 Å². The summed E-state index contributed by atoms with van der Waals surface area (Å²) in [5.41, 5.74) is 0.395. The molecule has 1 aromatic heterocycles. The largest absolute Gasteiger partial charge is 0.147 e. The van der Waals surface area contributed by atoms with Gasteiger partial charge in [-0.15, -0.1) is 22.9 Å². The Bertz CT molecular complexity index is 273. The Hall–Kier alpha value is -0.0100. The fourth-order valence-electron chi connectivity index (χ4n) is 2.60. The maximum Gasteiger partial charge on any atom is 0.0734 e. The molecule has 0 spiro atoms. The van der Waals surface area contributed by atoms with Crippen LogP contribution in [0.3, 0.4) is 0 Å². The van der Waals surface area contributed by atoms with Gasteiger partial charge < -0.3 is 0 Å². The van der Waals surface area contributed by atoms with Gasteiger partial charge >= 0.3 is 0 Å². The Labute approximate surface area is 95.3 Å². The molecule has 1 fully saturated rings. The molecule has 0 amide bonds. The Morgan fingerprint density at radius 3 is 2.71 bits per heavy atom. The van der Waals surface area contributed by atoms with Gasteiger partial charge in [0, 0.05) is 4.88 Å². The SMILES string of the molecule is CCC1(C(Cl)c2cccs2)CCCC1. The molecule has 0 nitrogen and oxygen atoms in total. The maximum absolute atomic E-state index is 6.62. The van der Waals surface area contributed by atoms with E-state index in [0.717, 1.165) is 0 Å². The molecule has 2 heteroatoms. The summed E-state index contributed by atoms with van der Waals surface area (Å²) in [5.74, 6) is 0. The van der Waals surface area contributed by atoms with Crippen LogP contribution in [0.15, 0.2) is 17.5 Å². The van der Waals surface area contributed by atoms with Crippen LogP contribution in [-0.4, -0.2) is 0 Å². The number of halogens is 1. The summed E-state index contributed by atoms with van der Waals surface area (Å²) in [4.78, 5) is 1.36. The average molecular weight is 229 g/mol. The van der Waals surface area contributed by atoms with Crippen molar-refractivity contribution in [3.8, 4) is 0 Å². The van der Waals surface area contributed by atoms with Gasteiger partial charge in [-0.1, -0.05) is 25.8 Å². The summed E-state index contributed by atoms with van der Waals surface area (Å²) in [5, 5.41) is 2.37. The zero-order chi connectivity index (χ0) is 10.0. The summed E-state index contributed by atoms with van der Waals surface area (Å²) in [7, 11) is 0. The highest BCUT2D eigenvalue weighted by molar-refractivity contribution is 7.10. The van der Waals surface area contributed by atoms with E-state index in [1.54, 1.807) is 11.3 Å². The van der Waals surface area contributed by atoms with Gasteiger partial charge in [-0.25, -0.2) is 0 Å². The van der Waals surface area contributed by atoms with Gasteiger partial charge in [0.05, 0.1) is 5.38 Å². The number of hydrogen-bond donors (Lipinski definition) is 0. The molecule has 14 heavy (non-hydrogen) atoms. The molecule has 1 atom stereocenters. The highest BCUT2D eigenvalue weighted by Crippen LogP contribution is 2.53. The lowest BCUT2D eigenvalue weighted by Gasteiger charge is -2.32. The minimum atomic E-state index is 0.245. The smallest absolute Gasteiger partial charge is 0.0734 e. The molecule has 0 radical (unpaired) electrons. The van der Waals surface area contributed by atoms with Crippen molar-refractivity contribution in [3.05, 3.63) is 22.4 Å². The van der Waals surface area contributed by atoms with E-state index in [0.29, 0.717) is 5.41 Å². The molecule has 1 aliphatic rings. The molecule has 0 N–H and O–H groups in total. The van der Waals surface area contributed by atoms with Gasteiger partial charge in [0.15, 0.2) is 0 Å². The van der Waals surface area contributed by atoms with Gasteiger partial charge in [0.1, 0.15) is 0 Å². The third-order valence-electron chi connectivity index (χ3n) is 3.63. The van der Waals surface area contributed by atoms with E-state index in [2.05, 4.69) is 24.4 Å². The van der Waals surface area contributed by atoms with E-state index in [1.165, 1.54) is 37.0 Å². The van der Waals surface area contributed by atoms with Crippen molar-refractivity contribution >= 4 is 22.9 Å². The second-order valence-corrected chi connectivity index (χ2v) is 5.72. The molecule has 1 unspecified atom stereocenters. The van der Waals surface area contributed by atoms with Crippen LogP contribution < -0.4 is 0 Å². The van der Waals surface area contributed by atoms with Crippen molar-refractivity contribution in [1.29, 1.82) is 0 Å². The summed E-state index contributed by atoms with van der Waals surface area (Å²) in [6.07, 6.45) is 6.58. The van der Waals surface area contributed by atoms with E-state index in [-0.39, 0.29) is 5.38 Å². The van der Waals surface area contributed by atoms with E-state index < -0.39 is 0 Å². The fraction of sp³-hybridized carbons (Fsp3) is 0.667. The van der Waals surface area contributed by atoms with Gasteiger partial charge in [-0.2, -0.15) is 0 Å². The molecule has 0 aliphatic heterocycles. The molecule has 2 rings (SSSR count). The predicted molar refractivity (Wildman–Crippen MR) is 64.1 cm³/mol. The van der Waals surface area contributed by atoms with Crippen LogP contribution in [0.25, 0.3) is 0 Å². The molecule has 1 aromatic rings. The number of rotatable bonds is 3. The lowest BCUT2D eigenvalue weighted by Crippen LogP contribution is -2.20. The lowest BCUT2D eigenvalue weighted by atomic mass is 9.79. The third-order valence-corrected chi connectivity index (χ3v) is 5.40. The number of thiophene rings is 1. The van der Waals surface area contributed by atoms with Gasteiger partial charge in [-0.05, 0) is 36.1 Å². The van der Waals surface area contributed by atoms with Crippen LogP contribution in [0.2, 0.25) is 0 Å². The number of alkyl halides is 1. The van der Waals surface area contributed by atoms with Gasteiger partial charge in [-0.3, -0.25) is 0 Å². The normalized spacial score (nSPS) is 22.4. The van der Waals surface area contributed by atoms with Crippen LogP contribution in [0.5, 0.6) is 0 Å². The van der Waals surface area contributed by atoms with Crippen molar-refractivity contribution < 1.29 is 0 Å². The summed E-state index contributed by atoms with van der Waals surface area (Å²) >= 11 is 8.42. The standard InChI is InChI=1S/C12H17ClS/c1-2-12(7-3-4-8-12)11(13)10-6-5-9-14-10/h5-6,9,11H,2-4,7-8H2,1H3. The molecule has 78 valence electrons. The Morgan fingerprint density at radius 2 is 2.21 bits per heavy atom. The third kappa shape index (κ3) is 1.72. The van der Waals surface area contributed by atoms with Crippen molar-refractivity contribution in [2.45, 2.75) is 44.4 Å². The van der Waals surface area contributed by atoms with E-state index in [4.69, 9.17) is 11.6 Å². The first-order valence-corrected chi connectivity index (χ1v) is 6.77. The molecule has 1 aliphatic carbocycles. The van der Waals surface area contributed by atoms with Crippen LogP contribution in [0.4, 0.5) is 0 Å². The maximum atomic E-state index is 6.62. The minimum absolute atomic E-state index is 0.245. The molecule has 1 saturated carbocycles. The van der Waals surface area contributed by atoms with E-state index in [1.807, 2.05) is 0 Å². The van der Waals surface area contributed by atoms with Crippen LogP contribution in [-0.2, 0) is 0 Å². The van der Waals surface area contributed by atoms with Crippen molar-refractivity contribution in [1.82, 2.24) is 0 Å². The Morgan fingerprint density at radius 1 is 1.50 bits per heavy atom. The molecular formula is C12H17ClS. The van der Waals surface area contributed by atoms with Crippen LogP contribution in [0.1, 0.15) is 49.3 Å². The summed E-state index contributed by atoms with van der Waals surface area (Å²) in [6, 6.07) is 4.28. The lowest BCUT2D eigenvalue weighted by molar-refractivity contribution is 0.273. The van der Waals surface area contributed by atoms with E-state index >= 15 is 0 Å². The predicted octanol–water partition coefficient (Wildman–Crippen LogP) is 5.00. The molecule has 0 aromatic carbocycles. The Balaban J connectivity index is 2.19. The fourth-order valence-corrected chi connectivity index (χ4v) is 4.04. The molecule has 0 bridgehead atoms. The van der Waals surface area contributed by atoms with Crippen molar-refractivity contribution in [2.75, 3.05) is 0 Å². The molecule has 0 saturated heterocycles. The number of hydrogen-bond acceptors (Lipinski definition) is 1. The quantitative estimate of drug-likeness (QED) is 0.639.